The molecule has 8 heteroatoms. The molecule has 0 spiro atoms. The number of carbonyl (C=O) groups is 2. The Morgan fingerprint density at radius 2 is 2.16 bits per heavy atom. The number of amides is 1. The summed E-state index contributed by atoms with van der Waals surface area (Å²) in [5.74, 6) is 0.944. The maximum absolute atomic E-state index is 12.5. The molecule has 0 bridgehead atoms. The summed E-state index contributed by atoms with van der Waals surface area (Å²) in [4.78, 5) is 30.7. The van der Waals surface area contributed by atoms with Crippen LogP contribution in [0.3, 0.4) is 0 Å². The van der Waals surface area contributed by atoms with Crippen molar-refractivity contribution in [3.63, 3.8) is 0 Å². The van der Waals surface area contributed by atoms with E-state index in [0.717, 1.165) is 4.88 Å². The Labute approximate surface area is 151 Å². The molecule has 0 atom stereocenters. The fourth-order valence-corrected chi connectivity index (χ4v) is 2.97. The van der Waals surface area contributed by atoms with E-state index >= 15 is 0 Å². The summed E-state index contributed by atoms with van der Waals surface area (Å²) >= 11 is 1.53. The van der Waals surface area contributed by atoms with Crippen LogP contribution in [0.25, 0.3) is 10.7 Å². The predicted molar refractivity (Wildman–Crippen MR) is 94.0 cm³/mol. The van der Waals surface area contributed by atoms with E-state index in [2.05, 4.69) is 14.9 Å². The summed E-state index contributed by atoms with van der Waals surface area (Å²) in [6.45, 7) is 5.02. The van der Waals surface area contributed by atoms with Gasteiger partial charge in [0, 0.05) is 25.9 Å². The number of ether oxygens (including phenoxy) is 1. The van der Waals surface area contributed by atoms with Gasteiger partial charge in [0.15, 0.2) is 0 Å². The highest BCUT2D eigenvalue weighted by Crippen LogP contribution is 2.21. The number of esters is 1. The molecule has 0 unspecified atom stereocenters. The van der Waals surface area contributed by atoms with Gasteiger partial charge in [0.05, 0.1) is 18.4 Å². The Morgan fingerprint density at radius 1 is 1.36 bits per heavy atom. The largest absolute Gasteiger partial charge is 0.469 e. The molecule has 2 aromatic rings. The lowest BCUT2D eigenvalue weighted by atomic mass is 10.1. The standard InChI is InChI=1S/C17H23N3O4S/c1-12(2)11-20(9-8-16(22)23-3)15(21)7-6-14-18-17(19-24-14)13-5-4-10-25-13/h4-5,10,12H,6-9,11H2,1-3H3. The fourth-order valence-electron chi connectivity index (χ4n) is 2.32. The Hall–Kier alpha value is -2.22. The molecule has 2 heterocycles. The summed E-state index contributed by atoms with van der Waals surface area (Å²) in [7, 11) is 1.34. The second kappa shape index (κ2) is 9.31. The average Bonchev–Trinajstić information content (AvgIpc) is 3.26. The molecule has 7 nitrogen and oxygen atoms in total. The highest BCUT2D eigenvalue weighted by molar-refractivity contribution is 7.13. The second-order valence-corrected chi connectivity index (χ2v) is 7.00. The molecule has 0 N–H and O–H groups in total. The van der Waals surface area contributed by atoms with Crippen molar-refractivity contribution in [1.82, 2.24) is 15.0 Å². The van der Waals surface area contributed by atoms with Gasteiger partial charge in [-0.2, -0.15) is 4.98 Å². The van der Waals surface area contributed by atoms with E-state index in [-0.39, 0.29) is 24.7 Å². The van der Waals surface area contributed by atoms with Crippen molar-refractivity contribution in [2.75, 3.05) is 20.2 Å². The van der Waals surface area contributed by atoms with Gasteiger partial charge in [0.2, 0.25) is 17.6 Å². The first-order chi connectivity index (χ1) is 12.0. The van der Waals surface area contributed by atoms with Gasteiger partial charge in [-0.15, -0.1) is 11.3 Å². The first-order valence-electron chi connectivity index (χ1n) is 8.20. The number of aromatic nitrogens is 2. The topological polar surface area (TPSA) is 85.5 Å². The van der Waals surface area contributed by atoms with Crippen LogP contribution in [0.5, 0.6) is 0 Å². The van der Waals surface area contributed by atoms with Gasteiger partial charge in [-0.3, -0.25) is 9.59 Å². The number of hydrogen-bond acceptors (Lipinski definition) is 7. The van der Waals surface area contributed by atoms with Crippen LogP contribution in [-0.2, 0) is 20.7 Å². The monoisotopic (exact) mass is 365 g/mol. The lowest BCUT2D eigenvalue weighted by Gasteiger charge is -2.24. The van der Waals surface area contributed by atoms with Gasteiger partial charge >= 0.3 is 5.97 Å². The third-order valence-corrected chi connectivity index (χ3v) is 4.38. The Morgan fingerprint density at radius 3 is 2.80 bits per heavy atom. The van der Waals surface area contributed by atoms with E-state index in [1.54, 1.807) is 4.90 Å². The van der Waals surface area contributed by atoms with E-state index in [0.29, 0.717) is 37.1 Å². The van der Waals surface area contributed by atoms with Gasteiger partial charge in [0.1, 0.15) is 0 Å². The number of hydrogen-bond donors (Lipinski definition) is 0. The summed E-state index contributed by atoms with van der Waals surface area (Å²) in [6, 6.07) is 3.84. The van der Waals surface area contributed by atoms with Gasteiger partial charge in [-0.1, -0.05) is 25.1 Å². The Kier molecular flexibility index (Phi) is 7.12. The van der Waals surface area contributed by atoms with Crippen LogP contribution in [-0.4, -0.2) is 47.1 Å². The third kappa shape index (κ3) is 5.97. The van der Waals surface area contributed by atoms with E-state index in [1.807, 2.05) is 31.4 Å². The van der Waals surface area contributed by atoms with Gasteiger partial charge in [0.25, 0.3) is 0 Å². The van der Waals surface area contributed by atoms with Crippen molar-refractivity contribution in [3.05, 3.63) is 23.4 Å². The molecule has 1 amide bonds. The van der Waals surface area contributed by atoms with Crippen LogP contribution >= 0.6 is 11.3 Å². The molecule has 2 aromatic heterocycles. The number of methoxy groups -OCH3 is 1. The van der Waals surface area contributed by atoms with Crippen molar-refractivity contribution in [1.29, 1.82) is 0 Å². The lowest BCUT2D eigenvalue weighted by molar-refractivity contribution is -0.141. The van der Waals surface area contributed by atoms with E-state index in [1.165, 1.54) is 18.4 Å². The molecule has 136 valence electrons. The summed E-state index contributed by atoms with van der Waals surface area (Å²) in [5, 5.41) is 5.88. The lowest BCUT2D eigenvalue weighted by Crippen LogP contribution is -2.36. The van der Waals surface area contributed by atoms with Gasteiger partial charge in [-0.05, 0) is 17.4 Å². The molecule has 0 fully saturated rings. The number of nitrogens with zero attached hydrogens (tertiary/aromatic N) is 3. The first-order valence-corrected chi connectivity index (χ1v) is 9.08. The van der Waals surface area contributed by atoms with Crippen molar-refractivity contribution in [3.8, 4) is 10.7 Å². The molecule has 0 aliphatic heterocycles. The molecule has 0 saturated carbocycles. The van der Waals surface area contributed by atoms with Crippen LogP contribution in [0, 0.1) is 5.92 Å². The maximum Gasteiger partial charge on any atom is 0.307 e. The number of thiophene rings is 1. The molecule has 0 aliphatic rings. The van der Waals surface area contributed by atoms with Crippen molar-refractivity contribution < 1.29 is 18.8 Å². The number of rotatable bonds is 9. The SMILES string of the molecule is COC(=O)CCN(CC(C)C)C(=O)CCc1nc(-c2cccs2)no1. The zero-order chi connectivity index (χ0) is 18.2. The molecular formula is C17H23N3O4S. The molecular weight excluding hydrogens is 342 g/mol. The number of aryl methyl sites for hydroxylation is 1. The zero-order valence-corrected chi connectivity index (χ0v) is 15.5. The van der Waals surface area contributed by atoms with Crippen LogP contribution in [0.1, 0.15) is 32.6 Å². The summed E-state index contributed by atoms with van der Waals surface area (Å²) in [5.41, 5.74) is 0. The van der Waals surface area contributed by atoms with Crippen molar-refractivity contribution >= 4 is 23.2 Å². The first kappa shape index (κ1) is 19.1. The summed E-state index contributed by atoms with van der Waals surface area (Å²) < 4.78 is 9.86. The quantitative estimate of drug-likeness (QED) is 0.635. The van der Waals surface area contributed by atoms with Crippen molar-refractivity contribution in [2.45, 2.75) is 33.1 Å². The Balaban J connectivity index is 1.90. The van der Waals surface area contributed by atoms with Crippen LogP contribution in [0.4, 0.5) is 0 Å². The molecule has 25 heavy (non-hydrogen) atoms. The maximum atomic E-state index is 12.5. The molecule has 0 radical (unpaired) electrons. The van der Waals surface area contributed by atoms with Crippen LogP contribution < -0.4 is 0 Å². The molecule has 0 saturated heterocycles. The van der Waals surface area contributed by atoms with E-state index in [9.17, 15) is 9.59 Å². The van der Waals surface area contributed by atoms with Crippen LogP contribution in [0.15, 0.2) is 22.0 Å². The van der Waals surface area contributed by atoms with E-state index < -0.39 is 0 Å². The summed E-state index contributed by atoms with van der Waals surface area (Å²) in [6.07, 6.45) is 0.835. The molecule has 0 aliphatic carbocycles. The highest BCUT2D eigenvalue weighted by atomic mass is 32.1. The van der Waals surface area contributed by atoms with Gasteiger partial charge in [-0.25, -0.2) is 0 Å². The molecule has 2 rings (SSSR count). The minimum Gasteiger partial charge on any atom is -0.469 e. The van der Waals surface area contributed by atoms with E-state index in [4.69, 9.17) is 4.52 Å². The normalized spacial score (nSPS) is 10.9. The predicted octanol–water partition coefficient (Wildman–Crippen LogP) is 2.78. The minimum atomic E-state index is -0.320. The number of carbonyl (C=O) groups excluding carboxylic acids is 2. The smallest absolute Gasteiger partial charge is 0.307 e. The second-order valence-electron chi connectivity index (χ2n) is 6.05. The van der Waals surface area contributed by atoms with Crippen LogP contribution in [0.2, 0.25) is 0 Å². The molecule has 0 aromatic carbocycles. The Bertz CT molecular complexity index is 682. The average molecular weight is 365 g/mol. The van der Waals surface area contributed by atoms with Gasteiger partial charge < -0.3 is 14.2 Å². The zero-order valence-electron chi connectivity index (χ0n) is 14.7. The highest BCUT2D eigenvalue weighted by Gasteiger charge is 2.18. The fraction of sp³-hybridized carbons (Fsp3) is 0.529. The third-order valence-electron chi connectivity index (χ3n) is 3.51. The van der Waals surface area contributed by atoms with Crippen molar-refractivity contribution in [2.24, 2.45) is 5.92 Å². The minimum absolute atomic E-state index is 0.0338.